The third-order valence-electron chi connectivity index (χ3n) is 6.19. The molecule has 35 heavy (non-hydrogen) atoms. The molecule has 1 unspecified atom stereocenters. The maximum Gasteiger partial charge on any atom is 0.242 e. The molecule has 0 heterocycles. The molecule has 6 heteroatoms. The average molecular weight is 475 g/mol. The fraction of sp³-hybridized carbons (Fsp3) is 0.310. The van der Waals surface area contributed by atoms with Crippen LogP contribution < -0.4 is 14.8 Å². The van der Waals surface area contributed by atoms with Gasteiger partial charge in [0.2, 0.25) is 11.8 Å². The van der Waals surface area contributed by atoms with Crippen LogP contribution in [0.25, 0.3) is 0 Å². The van der Waals surface area contributed by atoms with Crippen molar-refractivity contribution < 1.29 is 19.1 Å². The Bertz CT molecular complexity index is 1130. The van der Waals surface area contributed by atoms with Crippen molar-refractivity contribution in [2.24, 2.45) is 0 Å². The number of likely N-dealkylation sites (N-methyl/N-ethyl adjacent to an activating group) is 1. The van der Waals surface area contributed by atoms with Crippen LogP contribution in [0, 0.1) is 6.92 Å². The van der Waals surface area contributed by atoms with Crippen LogP contribution in [0.3, 0.4) is 0 Å². The zero-order valence-corrected chi connectivity index (χ0v) is 20.9. The fourth-order valence-electron chi connectivity index (χ4n) is 4.12. The molecule has 184 valence electrons. The summed E-state index contributed by atoms with van der Waals surface area (Å²) in [5, 5.41) is 2.76. The van der Waals surface area contributed by atoms with Gasteiger partial charge in [-0.2, -0.15) is 0 Å². The molecular weight excluding hydrogens is 440 g/mol. The number of hydrogen-bond acceptors (Lipinski definition) is 4. The predicted molar refractivity (Wildman–Crippen MR) is 138 cm³/mol. The van der Waals surface area contributed by atoms with Gasteiger partial charge in [-0.3, -0.25) is 9.59 Å². The molecule has 0 aliphatic rings. The van der Waals surface area contributed by atoms with Gasteiger partial charge in [-0.25, -0.2) is 0 Å². The lowest BCUT2D eigenvalue weighted by Gasteiger charge is -2.31. The molecule has 3 rings (SSSR count). The first-order valence-electron chi connectivity index (χ1n) is 11.8. The highest BCUT2D eigenvalue weighted by Gasteiger charge is 2.29. The van der Waals surface area contributed by atoms with Crippen LogP contribution in [-0.4, -0.2) is 44.0 Å². The maximum atomic E-state index is 13.7. The highest BCUT2D eigenvalue weighted by atomic mass is 16.5. The van der Waals surface area contributed by atoms with Crippen LogP contribution >= 0.6 is 0 Å². The van der Waals surface area contributed by atoms with E-state index in [1.54, 1.807) is 26.2 Å². The summed E-state index contributed by atoms with van der Waals surface area (Å²) in [7, 11) is 4.80. The standard InChI is InChI=1S/C29H34N2O4/c1-21-10-8-9-13-24(21)20-31(25(29(33)30-2)18-22-11-6-5-7-12-22)28(32)17-15-23-14-16-26(34-3)27(19-23)35-4/h5-14,16,19,25H,15,17-18,20H2,1-4H3,(H,30,33). The number of rotatable bonds is 11. The van der Waals surface area contributed by atoms with E-state index in [4.69, 9.17) is 9.47 Å². The number of nitrogens with one attached hydrogen (secondary N) is 1. The second kappa shape index (κ2) is 12.6. The van der Waals surface area contributed by atoms with Crippen LogP contribution in [0.15, 0.2) is 72.8 Å². The summed E-state index contributed by atoms with van der Waals surface area (Å²) >= 11 is 0. The maximum absolute atomic E-state index is 13.7. The SMILES string of the molecule is CNC(=O)C(Cc1ccccc1)N(Cc1ccccc1C)C(=O)CCc1ccc(OC)c(OC)c1. The molecule has 1 N–H and O–H groups in total. The molecule has 3 aromatic carbocycles. The molecule has 3 aromatic rings. The van der Waals surface area contributed by atoms with Gasteiger partial charge in [-0.05, 0) is 47.7 Å². The van der Waals surface area contributed by atoms with Crippen molar-refractivity contribution in [3.05, 3.63) is 95.1 Å². The van der Waals surface area contributed by atoms with Crippen molar-refractivity contribution in [2.75, 3.05) is 21.3 Å². The lowest BCUT2D eigenvalue weighted by atomic mass is 10.0. The molecule has 1 atom stereocenters. The van der Waals surface area contributed by atoms with Crippen molar-refractivity contribution in [3.63, 3.8) is 0 Å². The number of carbonyl (C=O) groups is 2. The number of carbonyl (C=O) groups excluding carboxylic acids is 2. The molecule has 0 spiro atoms. The molecule has 0 saturated heterocycles. The first-order chi connectivity index (χ1) is 17.0. The van der Waals surface area contributed by atoms with Gasteiger partial charge in [-0.1, -0.05) is 60.7 Å². The van der Waals surface area contributed by atoms with E-state index < -0.39 is 6.04 Å². The Morgan fingerprint density at radius 3 is 2.23 bits per heavy atom. The van der Waals surface area contributed by atoms with E-state index in [0.717, 1.165) is 22.3 Å². The van der Waals surface area contributed by atoms with Gasteiger partial charge in [0, 0.05) is 26.4 Å². The minimum atomic E-state index is -0.625. The molecule has 0 aliphatic carbocycles. The topological polar surface area (TPSA) is 67.9 Å². The number of methoxy groups -OCH3 is 2. The molecule has 6 nitrogen and oxygen atoms in total. The van der Waals surface area contributed by atoms with Gasteiger partial charge in [0.1, 0.15) is 6.04 Å². The summed E-state index contributed by atoms with van der Waals surface area (Å²) in [6.07, 6.45) is 1.23. The first-order valence-corrected chi connectivity index (χ1v) is 11.8. The molecule has 0 aromatic heterocycles. The quantitative estimate of drug-likeness (QED) is 0.449. The Morgan fingerprint density at radius 1 is 0.886 bits per heavy atom. The number of ether oxygens (including phenoxy) is 2. The highest BCUT2D eigenvalue weighted by Crippen LogP contribution is 2.28. The summed E-state index contributed by atoms with van der Waals surface area (Å²) in [4.78, 5) is 28.4. The largest absolute Gasteiger partial charge is 0.493 e. The minimum absolute atomic E-state index is 0.0763. The Balaban J connectivity index is 1.88. The number of aryl methyl sites for hydroxylation is 2. The molecular formula is C29H34N2O4. The monoisotopic (exact) mass is 474 g/mol. The third-order valence-corrected chi connectivity index (χ3v) is 6.19. The molecule has 2 amide bonds. The van der Waals surface area contributed by atoms with Gasteiger partial charge in [-0.15, -0.1) is 0 Å². The summed E-state index contributed by atoms with van der Waals surface area (Å²) in [5.74, 6) is 1.02. The highest BCUT2D eigenvalue weighted by molar-refractivity contribution is 5.88. The third kappa shape index (κ3) is 6.85. The van der Waals surface area contributed by atoms with Crippen LogP contribution in [-0.2, 0) is 29.0 Å². The van der Waals surface area contributed by atoms with Crippen molar-refractivity contribution in [1.82, 2.24) is 10.2 Å². The van der Waals surface area contributed by atoms with Crippen LogP contribution in [0.1, 0.15) is 28.7 Å². The normalized spacial score (nSPS) is 11.4. The van der Waals surface area contributed by atoms with Crippen LogP contribution in [0.5, 0.6) is 11.5 Å². The Labute approximate surface area is 207 Å². The van der Waals surface area contributed by atoms with E-state index in [9.17, 15) is 9.59 Å². The van der Waals surface area contributed by atoms with Crippen molar-refractivity contribution in [2.45, 2.75) is 38.8 Å². The molecule has 0 radical (unpaired) electrons. The lowest BCUT2D eigenvalue weighted by molar-refractivity contribution is -0.141. The van der Waals surface area contributed by atoms with Gasteiger partial charge >= 0.3 is 0 Å². The zero-order chi connectivity index (χ0) is 25.2. The van der Waals surface area contributed by atoms with Crippen molar-refractivity contribution >= 4 is 11.8 Å². The summed E-state index contributed by atoms with van der Waals surface area (Å²) in [6, 6.07) is 22.8. The van der Waals surface area contributed by atoms with E-state index >= 15 is 0 Å². The van der Waals surface area contributed by atoms with Crippen LogP contribution in [0.4, 0.5) is 0 Å². The summed E-state index contributed by atoms with van der Waals surface area (Å²) < 4.78 is 10.7. The van der Waals surface area contributed by atoms with Crippen molar-refractivity contribution in [3.8, 4) is 11.5 Å². The Morgan fingerprint density at radius 2 is 1.57 bits per heavy atom. The van der Waals surface area contributed by atoms with Gasteiger partial charge in [0.15, 0.2) is 11.5 Å². The Kier molecular flexibility index (Phi) is 9.30. The van der Waals surface area contributed by atoms with E-state index in [1.807, 2.05) is 79.7 Å². The minimum Gasteiger partial charge on any atom is -0.493 e. The summed E-state index contributed by atoms with van der Waals surface area (Å²) in [6.45, 7) is 2.38. The number of amides is 2. The molecule has 0 aliphatic heterocycles. The van der Waals surface area contributed by atoms with Gasteiger partial charge in [0.25, 0.3) is 0 Å². The number of nitrogens with zero attached hydrogens (tertiary/aromatic N) is 1. The fourth-order valence-corrected chi connectivity index (χ4v) is 4.12. The van der Waals surface area contributed by atoms with E-state index in [-0.39, 0.29) is 18.2 Å². The molecule has 0 bridgehead atoms. The van der Waals surface area contributed by atoms with E-state index in [1.165, 1.54) is 0 Å². The molecule has 0 fully saturated rings. The van der Waals surface area contributed by atoms with Gasteiger partial charge in [0.05, 0.1) is 14.2 Å². The molecule has 0 saturated carbocycles. The van der Waals surface area contributed by atoms with E-state index in [0.29, 0.717) is 30.9 Å². The second-order valence-corrected chi connectivity index (χ2v) is 8.46. The second-order valence-electron chi connectivity index (χ2n) is 8.46. The number of benzene rings is 3. The van der Waals surface area contributed by atoms with Gasteiger partial charge < -0.3 is 19.7 Å². The lowest BCUT2D eigenvalue weighted by Crippen LogP contribution is -2.49. The first kappa shape index (κ1) is 25.8. The van der Waals surface area contributed by atoms with Crippen LogP contribution in [0.2, 0.25) is 0 Å². The Hall–Kier alpha value is -3.80. The van der Waals surface area contributed by atoms with E-state index in [2.05, 4.69) is 5.32 Å². The zero-order valence-electron chi connectivity index (χ0n) is 20.9. The average Bonchev–Trinajstić information content (AvgIpc) is 2.90. The predicted octanol–water partition coefficient (Wildman–Crippen LogP) is 4.33. The smallest absolute Gasteiger partial charge is 0.242 e. The number of hydrogen-bond donors (Lipinski definition) is 1. The van der Waals surface area contributed by atoms with Crippen molar-refractivity contribution in [1.29, 1.82) is 0 Å². The summed E-state index contributed by atoms with van der Waals surface area (Å²) in [5.41, 5.74) is 4.07.